The largest absolute Gasteiger partial charge is 0.494 e. The number of amides is 1. The SMILES string of the molecule is CCOc1ccc(OCC)c(NC(=O)COC(=O)c2nn(-c3ccccc3)c3c2CCC3)c1. The lowest BCUT2D eigenvalue weighted by Crippen LogP contribution is -2.22. The van der Waals surface area contributed by atoms with Crippen molar-refractivity contribution < 1.29 is 23.8 Å². The Morgan fingerprint density at radius 2 is 1.82 bits per heavy atom. The molecule has 0 bridgehead atoms. The third-order valence-electron chi connectivity index (χ3n) is 5.29. The second-order valence-electron chi connectivity index (χ2n) is 7.52. The lowest BCUT2D eigenvalue weighted by Gasteiger charge is -2.13. The van der Waals surface area contributed by atoms with Crippen molar-refractivity contribution in [2.45, 2.75) is 33.1 Å². The minimum absolute atomic E-state index is 0.271. The van der Waals surface area contributed by atoms with Crippen molar-refractivity contribution in [3.05, 3.63) is 65.5 Å². The van der Waals surface area contributed by atoms with Crippen molar-refractivity contribution >= 4 is 17.6 Å². The molecular weight excluding hydrogens is 422 g/mol. The molecule has 1 N–H and O–H groups in total. The predicted octanol–water partition coefficient (Wildman–Crippen LogP) is 3.95. The Hall–Kier alpha value is -3.81. The van der Waals surface area contributed by atoms with Gasteiger partial charge in [0.1, 0.15) is 11.5 Å². The van der Waals surface area contributed by atoms with Crippen LogP contribution in [0.3, 0.4) is 0 Å². The zero-order valence-electron chi connectivity index (χ0n) is 18.8. The van der Waals surface area contributed by atoms with Gasteiger partial charge in [-0.05, 0) is 57.4 Å². The minimum atomic E-state index is -0.605. The monoisotopic (exact) mass is 449 g/mol. The van der Waals surface area contributed by atoms with Crippen molar-refractivity contribution in [2.75, 3.05) is 25.1 Å². The van der Waals surface area contributed by atoms with E-state index in [1.165, 1.54) is 0 Å². The highest BCUT2D eigenvalue weighted by molar-refractivity contribution is 5.96. The highest BCUT2D eigenvalue weighted by Gasteiger charge is 2.28. The summed E-state index contributed by atoms with van der Waals surface area (Å²) in [5.74, 6) is 0.0403. The molecule has 0 atom stereocenters. The number of para-hydroxylation sites is 1. The van der Waals surface area contributed by atoms with E-state index < -0.39 is 18.5 Å². The Morgan fingerprint density at radius 1 is 1.03 bits per heavy atom. The number of carbonyl (C=O) groups is 2. The van der Waals surface area contributed by atoms with Gasteiger partial charge < -0.3 is 19.5 Å². The average Bonchev–Trinajstić information content (AvgIpc) is 3.43. The summed E-state index contributed by atoms with van der Waals surface area (Å²) in [5.41, 5.74) is 3.54. The molecule has 8 nitrogen and oxygen atoms in total. The van der Waals surface area contributed by atoms with Crippen molar-refractivity contribution in [3.8, 4) is 17.2 Å². The van der Waals surface area contributed by atoms with E-state index in [-0.39, 0.29) is 5.69 Å². The third kappa shape index (κ3) is 5.00. The summed E-state index contributed by atoms with van der Waals surface area (Å²) in [6.45, 7) is 4.25. The van der Waals surface area contributed by atoms with E-state index in [1.807, 2.05) is 44.2 Å². The number of nitrogens with one attached hydrogen (secondary N) is 1. The fraction of sp³-hybridized carbons (Fsp3) is 0.320. The number of fused-ring (bicyclic) bond motifs is 1. The van der Waals surface area contributed by atoms with Gasteiger partial charge in [0.2, 0.25) is 0 Å². The van der Waals surface area contributed by atoms with Crippen LogP contribution in [0.2, 0.25) is 0 Å². The summed E-state index contributed by atoms with van der Waals surface area (Å²) in [7, 11) is 0. The van der Waals surface area contributed by atoms with Gasteiger partial charge in [-0.1, -0.05) is 18.2 Å². The molecule has 1 aliphatic rings. The Labute approximate surface area is 192 Å². The topological polar surface area (TPSA) is 91.7 Å². The van der Waals surface area contributed by atoms with Gasteiger partial charge in [-0.25, -0.2) is 9.48 Å². The number of esters is 1. The van der Waals surface area contributed by atoms with E-state index in [1.54, 1.807) is 22.9 Å². The van der Waals surface area contributed by atoms with Gasteiger partial charge in [-0.3, -0.25) is 4.79 Å². The molecule has 0 aliphatic heterocycles. The molecule has 33 heavy (non-hydrogen) atoms. The molecule has 8 heteroatoms. The predicted molar refractivity (Wildman–Crippen MR) is 123 cm³/mol. The summed E-state index contributed by atoms with van der Waals surface area (Å²) in [5, 5.41) is 7.25. The Kier molecular flexibility index (Phi) is 6.92. The van der Waals surface area contributed by atoms with Crippen LogP contribution in [0.15, 0.2) is 48.5 Å². The molecule has 0 radical (unpaired) electrons. The van der Waals surface area contributed by atoms with Crippen molar-refractivity contribution in [1.82, 2.24) is 9.78 Å². The smallest absolute Gasteiger partial charge is 0.359 e. The number of rotatable bonds is 9. The standard InChI is InChI=1S/C25H27N3O5/c1-3-31-18-13-14-22(32-4-2)20(15-18)26-23(29)16-33-25(30)24-19-11-8-12-21(19)28(27-24)17-9-6-5-7-10-17/h5-7,9-10,13-15H,3-4,8,11-12,16H2,1-2H3,(H,26,29). The highest BCUT2D eigenvalue weighted by atomic mass is 16.5. The zero-order valence-corrected chi connectivity index (χ0v) is 18.8. The molecule has 0 unspecified atom stereocenters. The molecular formula is C25H27N3O5. The normalized spacial score (nSPS) is 12.2. The van der Waals surface area contributed by atoms with E-state index >= 15 is 0 Å². The molecule has 3 aromatic rings. The first-order valence-corrected chi connectivity index (χ1v) is 11.1. The second-order valence-corrected chi connectivity index (χ2v) is 7.52. The number of carbonyl (C=O) groups excluding carboxylic acids is 2. The van der Waals surface area contributed by atoms with Gasteiger partial charge in [0, 0.05) is 17.3 Å². The van der Waals surface area contributed by atoms with Crippen LogP contribution in [0.5, 0.6) is 11.5 Å². The van der Waals surface area contributed by atoms with Gasteiger partial charge >= 0.3 is 5.97 Å². The number of nitrogens with zero attached hydrogens (tertiary/aromatic N) is 2. The molecule has 0 fully saturated rings. The quantitative estimate of drug-likeness (QED) is 0.498. The zero-order chi connectivity index (χ0) is 23.2. The van der Waals surface area contributed by atoms with E-state index in [9.17, 15) is 9.59 Å². The summed E-state index contributed by atoms with van der Waals surface area (Å²) < 4.78 is 18.2. The number of hydrogen-bond donors (Lipinski definition) is 1. The van der Waals surface area contributed by atoms with Crippen LogP contribution in [-0.2, 0) is 22.4 Å². The second kappa shape index (κ2) is 10.2. The van der Waals surface area contributed by atoms with Gasteiger partial charge in [-0.15, -0.1) is 0 Å². The first-order valence-electron chi connectivity index (χ1n) is 11.1. The summed E-state index contributed by atoms with van der Waals surface area (Å²) >= 11 is 0. The summed E-state index contributed by atoms with van der Waals surface area (Å²) in [4.78, 5) is 25.3. The van der Waals surface area contributed by atoms with Crippen molar-refractivity contribution in [1.29, 1.82) is 0 Å². The number of ether oxygens (including phenoxy) is 3. The van der Waals surface area contributed by atoms with E-state index in [2.05, 4.69) is 10.4 Å². The van der Waals surface area contributed by atoms with Gasteiger partial charge in [0.05, 0.1) is 24.6 Å². The minimum Gasteiger partial charge on any atom is -0.494 e. The average molecular weight is 450 g/mol. The maximum Gasteiger partial charge on any atom is 0.359 e. The Balaban J connectivity index is 1.45. The first kappa shape index (κ1) is 22.4. The number of benzene rings is 2. The van der Waals surface area contributed by atoms with Crippen LogP contribution in [0.4, 0.5) is 5.69 Å². The maximum absolute atomic E-state index is 12.8. The Bertz CT molecular complexity index is 1140. The van der Waals surface area contributed by atoms with Crippen LogP contribution in [0.25, 0.3) is 5.69 Å². The highest BCUT2D eigenvalue weighted by Crippen LogP contribution is 2.30. The molecule has 1 aromatic heterocycles. The van der Waals surface area contributed by atoms with Crippen LogP contribution in [-0.4, -0.2) is 41.5 Å². The molecule has 4 rings (SSSR count). The van der Waals surface area contributed by atoms with Crippen LogP contribution in [0, 0.1) is 0 Å². The molecule has 0 saturated carbocycles. The first-order chi connectivity index (χ1) is 16.1. The van der Waals surface area contributed by atoms with Crippen LogP contribution < -0.4 is 14.8 Å². The summed E-state index contributed by atoms with van der Waals surface area (Å²) in [6.07, 6.45) is 2.57. The molecule has 172 valence electrons. The van der Waals surface area contributed by atoms with E-state index in [0.717, 1.165) is 36.2 Å². The molecule has 1 amide bonds. The summed E-state index contributed by atoms with van der Waals surface area (Å²) in [6, 6.07) is 14.9. The lowest BCUT2D eigenvalue weighted by molar-refractivity contribution is -0.119. The van der Waals surface area contributed by atoms with Gasteiger partial charge in [-0.2, -0.15) is 5.10 Å². The van der Waals surface area contributed by atoms with Gasteiger partial charge in [0.15, 0.2) is 12.3 Å². The number of hydrogen-bond acceptors (Lipinski definition) is 6. The third-order valence-corrected chi connectivity index (χ3v) is 5.29. The molecule has 0 saturated heterocycles. The molecule has 1 heterocycles. The molecule has 1 aliphatic carbocycles. The van der Waals surface area contributed by atoms with Crippen LogP contribution in [0.1, 0.15) is 42.0 Å². The van der Waals surface area contributed by atoms with Crippen molar-refractivity contribution in [2.24, 2.45) is 0 Å². The van der Waals surface area contributed by atoms with E-state index in [0.29, 0.717) is 30.4 Å². The Morgan fingerprint density at radius 3 is 2.58 bits per heavy atom. The molecule has 2 aromatic carbocycles. The van der Waals surface area contributed by atoms with Crippen molar-refractivity contribution in [3.63, 3.8) is 0 Å². The maximum atomic E-state index is 12.8. The molecule has 0 spiro atoms. The fourth-order valence-electron chi connectivity index (χ4n) is 3.91. The number of anilines is 1. The van der Waals surface area contributed by atoms with Gasteiger partial charge in [0.25, 0.3) is 5.91 Å². The lowest BCUT2D eigenvalue weighted by atomic mass is 10.2. The fourth-order valence-corrected chi connectivity index (χ4v) is 3.91. The van der Waals surface area contributed by atoms with Crippen LogP contribution >= 0.6 is 0 Å². The number of aromatic nitrogens is 2. The van der Waals surface area contributed by atoms with E-state index in [4.69, 9.17) is 14.2 Å².